The second-order valence-electron chi connectivity index (χ2n) is 4.18. The molecule has 1 atom stereocenters. The topological polar surface area (TPSA) is 56.5 Å². The highest BCUT2D eigenvalue weighted by molar-refractivity contribution is 7.99. The average molecular weight is 263 g/mol. The number of hydrogen-bond acceptors (Lipinski definition) is 5. The lowest BCUT2D eigenvalue weighted by Crippen LogP contribution is -2.02. The molecule has 1 aliphatic rings. The fourth-order valence-corrected chi connectivity index (χ4v) is 3.26. The molecule has 0 aromatic carbocycles. The Morgan fingerprint density at radius 2 is 2.50 bits per heavy atom. The van der Waals surface area contributed by atoms with Crippen LogP contribution in [-0.2, 0) is 4.74 Å². The third-order valence-electron chi connectivity index (χ3n) is 2.99. The van der Waals surface area contributed by atoms with E-state index in [1.165, 1.54) is 19.3 Å². The number of ether oxygens (including phenoxy) is 1. The van der Waals surface area contributed by atoms with Crippen LogP contribution >= 0.6 is 11.8 Å². The van der Waals surface area contributed by atoms with Gasteiger partial charge in [-0.15, -0.1) is 0 Å². The lowest BCUT2D eigenvalue weighted by atomic mass is 10.2. The molecule has 94 valence electrons. The number of esters is 1. The first-order chi connectivity index (χ1) is 8.78. The number of methoxy groups -OCH3 is 1. The van der Waals surface area contributed by atoms with Gasteiger partial charge in [-0.3, -0.25) is 0 Å². The number of rotatable bonds is 2. The van der Waals surface area contributed by atoms with Crippen molar-refractivity contribution >= 4 is 23.4 Å². The summed E-state index contributed by atoms with van der Waals surface area (Å²) in [7, 11) is 1.37. The van der Waals surface area contributed by atoms with Crippen LogP contribution in [0.3, 0.4) is 0 Å². The number of carbonyl (C=O) groups is 1. The van der Waals surface area contributed by atoms with Gasteiger partial charge in [0.15, 0.2) is 11.5 Å². The molecule has 1 unspecified atom stereocenters. The van der Waals surface area contributed by atoms with Gasteiger partial charge in [-0.05, 0) is 30.7 Å². The van der Waals surface area contributed by atoms with Crippen molar-refractivity contribution in [1.29, 1.82) is 0 Å². The van der Waals surface area contributed by atoms with Crippen molar-refractivity contribution < 1.29 is 9.53 Å². The molecule has 2 aromatic rings. The second-order valence-corrected chi connectivity index (χ2v) is 5.49. The first kappa shape index (κ1) is 11.5. The summed E-state index contributed by atoms with van der Waals surface area (Å²) in [5.41, 5.74) is 1.20. The van der Waals surface area contributed by atoms with Crippen LogP contribution in [0.5, 0.6) is 0 Å². The van der Waals surface area contributed by atoms with E-state index in [2.05, 4.69) is 10.1 Å². The molecule has 1 fully saturated rings. The number of carbonyl (C=O) groups excluding carboxylic acids is 1. The SMILES string of the molecule is COC(=O)c1ccn2nc(C3CCCS3)nc2c1. The number of hydrogen-bond donors (Lipinski definition) is 0. The van der Waals surface area contributed by atoms with E-state index in [1.807, 2.05) is 11.8 Å². The maximum absolute atomic E-state index is 11.4. The van der Waals surface area contributed by atoms with Gasteiger partial charge in [-0.25, -0.2) is 14.3 Å². The van der Waals surface area contributed by atoms with Crippen LogP contribution in [-0.4, -0.2) is 33.4 Å². The largest absolute Gasteiger partial charge is 0.465 e. The zero-order valence-electron chi connectivity index (χ0n) is 10.00. The molecule has 3 rings (SSSR count). The highest BCUT2D eigenvalue weighted by atomic mass is 32.2. The lowest BCUT2D eigenvalue weighted by molar-refractivity contribution is 0.0600. The normalized spacial score (nSPS) is 19.3. The summed E-state index contributed by atoms with van der Waals surface area (Å²) in [5, 5.41) is 4.85. The van der Waals surface area contributed by atoms with Crippen molar-refractivity contribution in [1.82, 2.24) is 14.6 Å². The molecule has 18 heavy (non-hydrogen) atoms. The smallest absolute Gasteiger partial charge is 0.338 e. The van der Waals surface area contributed by atoms with Crippen molar-refractivity contribution in [3.05, 3.63) is 29.7 Å². The van der Waals surface area contributed by atoms with Crippen LogP contribution in [0.25, 0.3) is 5.65 Å². The minimum atomic E-state index is -0.350. The highest BCUT2D eigenvalue weighted by Crippen LogP contribution is 2.38. The molecule has 1 aliphatic heterocycles. The van der Waals surface area contributed by atoms with E-state index in [0.29, 0.717) is 16.5 Å². The number of fused-ring (bicyclic) bond motifs is 1. The molecule has 0 radical (unpaired) electrons. The fourth-order valence-electron chi connectivity index (χ4n) is 2.06. The second kappa shape index (κ2) is 4.61. The summed E-state index contributed by atoms with van der Waals surface area (Å²) >= 11 is 1.90. The van der Waals surface area contributed by atoms with Crippen molar-refractivity contribution in [2.75, 3.05) is 12.9 Å². The Kier molecular flexibility index (Phi) is 2.95. The monoisotopic (exact) mass is 263 g/mol. The first-order valence-electron chi connectivity index (χ1n) is 5.84. The molecule has 0 aliphatic carbocycles. The number of pyridine rings is 1. The maximum Gasteiger partial charge on any atom is 0.338 e. The van der Waals surface area contributed by atoms with Crippen LogP contribution in [0.2, 0.25) is 0 Å². The molecule has 0 bridgehead atoms. The Morgan fingerprint density at radius 1 is 1.61 bits per heavy atom. The molecule has 0 saturated carbocycles. The zero-order chi connectivity index (χ0) is 12.5. The van der Waals surface area contributed by atoms with Gasteiger partial charge in [0.1, 0.15) is 0 Å². The zero-order valence-corrected chi connectivity index (χ0v) is 10.8. The van der Waals surface area contributed by atoms with E-state index in [9.17, 15) is 4.79 Å². The molecule has 1 saturated heterocycles. The third-order valence-corrected chi connectivity index (χ3v) is 4.37. The van der Waals surface area contributed by atoms with E-state index in [-0.39, 0.29) is 5.97 Å². The Morgan fingerprint density at radius 3 is 3.22 bits per heavy atom. The van der Waals surface area contributed by atoms with Gasteiger partial charge >= 0.3 is 5.97 Å². The van der Waals surface area contributed by atoms with Gasteiger partial charge in [0, 0.05) is 6.20 Å². The molecule has 2 aromatic heterocycles. The van der Waals surface area contributed by atoms with E-state index >= 15 is 0 Å². The van der Waals surface area contributed by atoms with Crippen molar-refractivity contribution in [2.45, 2.75) is 18.1 Å². The van der Waals surface area contributed by atoms with E-state index in [0.717, 1.165) is 12.2 Å². The van der Waals surface area contributed by atoms with Gasteiger partial charge in [-0.1, -0.05) is 0 Å². The quantitative estimate of drug-likeness (QED) is 0.776. The van der Waals surface area contributed by atoms with Crippen molar-refractivity contribution in [2.24, 2.45) is 0 Å². The van der Waals surface area contributed by atoms with Crippen LogP contribution < -0.4 is 0 Å². The van der Waals surface area contributed by atoms with Gasteiger partial charge in [0.05, 0.1) is 17.9 Å². The van der Waals surface area contributed by atoms with Crippen LogP contribution in [0.1, 0.15) is 34.3 Å². The van der Waals surface area contributed by atoms with E-state index in [1.54, 1.807) is 22.8 Å². The predicted octanol–water partition coefficient (Wildman–Crippen LogP) is 2.08. The fraction of sp³-hybridized carbons (Fsp3) is 0.417. The molecule has 5 nitrogen and oxygen atoms in total. The summed E-state index contributed by atoms with van der Waals surface area (Å²) in [6.45, 7) is 0. The summed E-state index contributed by atoms with van der Waals surface area (Å²) in [4.78, 5) is 15.9. The molecular formula is C12H13N3O2S. The van der Waals surface area contributed by atoms with Gasteiger partial charge in [-0.2, -0.15) is 16.9 Å². The lowest BCUT2D eigenvalue weighted by Gasteiger charge is -1.99. The highest BCUT2D eigenvalue weighted by Gasteiger charge is 2.22. The molecule has 0 amide bonds. The van der Waals surface area contributed by atoms with Gasteiger partial charge in [0.2, 0.25) is 0 Å². The van der Waals surface area contributed by atoms with Crippen molar-refractivity contribution in [3.8, 4) is 0 Å². The van der Waals surface area contributed by atoms with Gasteiger partial charge < -0.3 is 4.74 Å². The van der Waals surface area contributed by atoms with E-state index in [4.69, 9.17) is 4.74 Å². The first-order valence-corrected chi connectivity index (χ1v) is 6.89. The average Bonchev–Trinajstić information content (AvgIpc) is 3.04. The predicted molar refractivity (Wildman–Crippen MR) is 68.8 cm³/mol. The Hall–Kier alpha value is -1.56. The summed E-state index contributed by atoms with van der Waals surface area (Å²) in [6, 6.07) is 3.40. The van der Waals surface area contributed by atoms with Crippen LogP contribution in [0.15, 0.2) is 18.3 Å². The van der Waals surface area contributed by atoms with Crippen LogP contribution in [0, 0.1) is 0 Å². The Balaban J connectivity index is 1.98. The Bertz CT molecular complexity index is 590. The molecule has 6 heteroatoms. The number of thioether (sulfide) groups is 1. The minimum absolute atomic E-state index is 0.350. The van der Waals surface area contributed by atoms with Crippen molar-refractivity contribution in [3.63, 3.8) is 0 Å². The number of aromatic nitrogens is 3. The third kappa shape index (κ3) is 1.96. The standard InChI is InChI=1S/C12H13N3O2S/c1-17-12(16)8-4-5-15-10(7-8)13-11(14-15)9-3-2-6-18-9/h4-5,7,9H,2-3,6H2,1H3. The number of nitrogens with zero attached hydrogens (tertiary/aromatic N) is 3. The summed E-state index contributed by atoms with van der Waals surface area (Å²) in [5.74, 6) is 1.69. The van der Waals surface area contributed by atoms with Gasteiger partial charge in [0.25, 0.3) is 0 Å². The van der Waals surface area contributed by atoms with E-state index < -0.39 is 0 Å². The molecule has 0 spiro atoms. The maximum atomic E-state index is 11.4. The van der Waals surface area contributed by atoms with Crippen LogP contribution in [0.4, 0.5) is 0 Å². The summed E-state index contributed by atoms with van der Waals surface area (Å²) < 4.78 is 6.40. The minimum Gasteiger partial charge on any atom is -0.465 e. The molecule has 3 heterocycles. The summed E-state index contributed by atoms with van der Waals surface area (Å²) in [6.07, 6.45) is 4.10. The Labute approximate surface area is 109 Å². The molecular weight excluding hydrogens is 250 g/mol. The molecule has 0 N–H and O–H groups in total.